The number of hydrogen-bond donors (Lipinski definition) is 1. The first kappa shape index (κ1) is 19.5. The summed E-state index contributed by atoms with van der Waals surface area (Å²) < 4.78 is 87.4. The van der Waals surface area contributed by atoms with Crippen LogP contribution in [-0.4, -0.2) is 38.5 Å². The van der Waals surface area contributed by atoms with Crippen molar-refractivity contribution in [2.24, 2.45) is 5.10 Å². The van der Waals surface area contributed by atoms with Gasteiger partial charge in [-0.05, 0) is 33.6 Å². The molecule has 0 saturated carbocycles. The van der Waals surface area contributed by atoms with Gasteiger partial charge in [0, 0.05) is 18.6 Å². The highest BCUT2D eigenvalue weighted by Crippen LogP contribution is 2.44. The molecule has 0 aliphatic heterocycles. The second kappa shape index (κ2) is 6.54. The molecule has 0 aromatic heterocycles. The maximum absolute atomic E-state index is 12.9. The van der Waals surface area contributed by atoms with E-state index in [2.05, 4.69) is 21.0 Å². The SMILES string of the molecule is CN(C)c1ccc(/C=N/NC(F)(F)C(F)(F)C(F)(F)F)cc1Br. The van der Waals surface area contributed by atoms with Gasteiger partial charge in [-0.25, -0.2) is 5.43 Å². The molecule has 1 aromatic rings. The van der Waals surface area contributed by atoms with Crippen molar-refractivity contribution < 1.29 is 30.7 Å². The third-order valence-electron chi connectivity index (χ3n) is 2.62. The summed E-state index contributed by atoms with van der Waals surface area (Å²) in [4.78, 5) is 1.74. The maximum Gasteiger partial charge on any atom is 0.462 e. The van der Waals surface area contributed by atoms with Crippen LogP contribution < -0.4 is 10.3 Å². The Kier molecular flexibility index (Phi) is 5.55. The van der Waals surface area contributed by atoms with Gasteiger partial charge in [0.15, 0.2) is 0 Å². The average Bonchev–Trinajstić information content (AvgIpc) is 2.36. The van der Waals surface area contributed by atoms with Crippen molar-refractivity contribution in [2.75, 3.05) is 19.0 Å². The lowest BCUT2D eigenvalue weighted by Crippen LogP contribution is -2.58. The summed E-state index contributed by atoms with van der Waals surface area (Å²) in [6, 6.07) is -1.15. The van der Waals surface area contributed by atoms with Gasteiger partial charge in [0.25, 0.3) is 0 Å². The van der Waals surface area contributed by atoms with Gasteiger partial charge in [-0.3, -0.25) is 0 Å². The number of hydrogen-bond acceptors (Lipinski definition) is 3. The van der Waals surface area contributed by atoms with Gasteiger partial charge in [-0.15, -0.1) is 0 Å². The molecule has 23 heavy (non-hydrogen) atoms. The smallest absolute Gasteiger partial charge is 0.377 e. The minimum atomic E-state index is -6.41. The molecule has 130 valence electrons. The van der Waals surface area contributed by atoms with Gasteiger partial charge < -0.3 is 4.90 Å². The van der Waals surface area contributed by atoms with Crippen LogP contribution in [0.2, 0.25) is 0 Å². The van der Waals surface area contributed by atoms with Crippen molar-refractivity contribution in [3.8, 4) is 0 Å². The highest BCUT2D eigenvalue weighted by molar-refractivity contribution is 9.10. The Labute approximate surface area is 135 Å². The molecule has 11 heteroatoms. The summed E-state index contributed by atoms with van der Waals surface area (Å²) in [7, 11) is 3.49. The number of rotatable bonds is 5. The molecular weight excluding hydrogens is 399 g/mol. The predicted octanol–water partition coefficient (Wildman–Crippen LogP) is 4.23. The molecule has 0 aliphatic rings. The number of anilines is 1. The monoisotopic (exact) mass is 409 g/mol. The lowest BCUT2D eigenvalue weighted by Gasteiger charge is -2.27. The molecule has 0 aliphatic carbocycles. The molecule has 1 rings (SSSR count). The zero-order valence-corrected chi connectivity index (χ0v) is 13.3. The minimum Gasteiger partial charge on any atom is -0.377 e. The second-order valence-corrected chi connectivity index (χ2v) is 5.48. The molecule has 0 amide bonds. The Hall–Kier alpha value is -1.52. The minimum absolute atomic E-state index is 0.209. The zero-order valence-electron chi connectivity index (χ0n) is 11.7. The maximum atomic E-state index is 12.9. The number of alkyl halides is 7. The Morgan fingerprint density at radius 3 is 2.09 bits per heavy atom. The molecule has 0 bridgehead atoms. The van der Waals surface area contributed by atoms with Gasteiger partial charge in [0.05, 0.1) is 11.9 Å². The topological polar surface area (TPSA) is 27.6 Å². The van der Waals surface area contributed by atoms with Crippen LogP contribution in [0.4, 0.5) is 36.4 Å². The Bertz CT molecular complexity index is 585. The largest absolute Gasteiger partial charge is 0.462 e. The van der Waals surface area contributed by atoms with Gasteiger partial charge in [-0.1, -0.05) is 6.07 Å². The van der Waals surface area contributed by atoms with E-state index in [9.17, 15) is 30.7 Å². The molecule has 3 nitrogen and oxygen atoms in total. The van der Waals surface area contributed by atoms with Crippen molar-refractivity contribution in [3.05, 3.63) is 28.2 Å². The van der Waals surface area contributed by atoms with Gasteiger partial charge >= 0.3 is 18.1 Å². The lowest BCUT2D eigenvalue weighted by atomic mass is 10.2. The molecule has 0 fully saturated rings. The summed E-state index contributed by atoms with van der Waals surface area (Å²) in [5.74, 6) is -6.26. The summed E-state index contributed by atoms with van der Waals surface area (Å²) in [6.07, 6.45) is -5.71. The van der Waals surface area contributed by atoms with Crippen LogP contribution in [0, 0.1) is 0 Å². The summed E-state index contributed by atoms with van der Waals surface area (Å²) >= 11 is 3.20. The second-order valence-electron chi connectivity index (χ2n) is 4.62. The van der Waals surface area contributed by atoms with E-state index in [1.165, 1.54) is 12.1 Å². The van der Waals surface area contributed by atoms with E-state index in [0.29, 0.717) is 16.1 Å². The van der Waals surface area contributed by atoms with E-state index >= 15 is 0 Å². The normalized spacial score (nSPS) is 13.5. The van der Waals surface area contributed by atoms with Crippen LogP contribution in [0.25, 0.3) is 0 Å². The number of benzene rings is 1. The summed E-state index contributed by atoms with van der Waals surface area (Å²) in [5.41, 5.74) is 1.50. The highest BCUT2D eigenvalue weighted by Gasteiger charge is 2.73. The number of nitrogens with one attached hydrogen (secondary N) is 1. The quantitative estimate of drug-likeness (QED) is 0.341. The third-order valence-corrected chi connectivity index (χ3v) is 3.26. The first-order chi connectivity index (χ1) is 10.3. The Morgan fingerprint density at radius 2 is 1.65 bits per heavy atom. The molecule has 0 heterocycles. The van der Waals surface area contributed by atoms with E-state index in [-0.39, 0.29) is 5.56 Å². The van der Waals surface area contributed by atoms with Crippen molar-refractivity contribution in [2.45, 2.75) is 18.1 Å². The Balaban J connectivity index is 2.89. The number of nitrogens with zero attached hydrogens (tertiary/aromatic N) is 2. The van der Waals surface area contributed by atoms with E-state index in [4.69, 9.17) is 0 Å². The third kappa shape index (κ3) is 4.27. The number of hydrazone groups is 1. The van der Waals surface area contributed by atoms with E-state index in [1.54, 1.807) is 25.1 Å². The molecule has 0 atom stereocenters. The first-order valence-corrected chi connectivity index (χ1v) is 6.68. The lowest BCUT2D eigenvalue weighted by molar-refractivity contribution is -0.361. The van der Waals surface area contributed by atoms with Crippen LogP contribution in [0.1, 0.15) is 5.56 Å². The van der Waals surface area contributed by atoms with Gasteiger partial charge in [0.1, 0.15) is 0 Å². The first-order valence-electron chi connectivity index (χ1n) is 5.89. The number of halogens is 8. The molecule has 0 saturated heterocycles. The van der Waals surface area contributed by atoms with Crippen LogP contribution in [0.3, 0.4) is 0 Å². The van der Waals surface area contributed by atoms with E-state index in [0.717, 1.165) is 5.69 Å². The molecular formula is C12H11BrF7N3. The van der Waals surface area contributed by atoms with Crippen LogP contribution in [0.15, 0.2) is 27.8 Å². The highest BCUT2D eigenvalue weighted by atomic mass is 79.9. The van der Waals surface area contributed by atoms with Crippen LogP contribution >= 0.6 is 15.9 Å². The van der Waals surface area contributed by atoms with Gasteiger partial charge in [-0.2, -0.15) is 35.8 Å². The van der Waals surface area contributed by atoms with Crippen LogP contribution in [-0.2, 0) is 0 Å². The fourth-order valence-electron chi connectivity index (χ4n) is 1.40. The van der Waals surface area contributed by atoms with Crippen molar-refractivity contribution in [1.82, 2.24) is 5.43 Å². The van der Waals surface area contributed by atoms with Crippen molar-refractivity contribution in [1.29, 1.82) is 0 Å². The van der Waals surface area contributed by atoms with Crippen LogP contribution in [0.5, 0.6) is 0 Å². The van der Waals surface area contributed by atoms with Crippen molar-refractivity contribution >= 4 is 27.8 Å². The fourth-order valence-corrected chi connectivity index (χ4v) is 2.15. The molecule has 1 aromatic carbocycles. The van der Waals surface area contributed by atoms with E-state index < -0.39 is 18.1 Å². The van der Waals surface area contributed by atoms with E-state index in [1.807, 2.05) is 0 Å². The molecule has 0 spiro atoms. The molecule has 1 N–H and O–H groups in total. The standard InChI is InChI=1S/C12H11BrF7N3/c1-23(2)9-4-3-7(5-8(9)13)6-21-22-12(19,20)10(14,15)11(16,17)18/h3-6,22H,1-2H3/b21-6+. The van der Waals surface area contributed by atoms with Crippen molar-refractivity contribution in [3.63, 3.8) is 0 Å². The average molecular weight is 410 g/mol. The molecule has 0 radical (unpaired) electrons. The summed E-state index contributed by atoms with van der Waals surface area (Å²) in [5, 5.41) is 2.77. The zero-order chi connectivity index (χ0) is 18.1. The molecule has 0 unspecified atom stereocenters. The summed E-state index contributed by atoms with van der Waals surface area (Å²) in [6.45, 7) is 0. The Morgan fingerprint density at radius 1 is 1.09 bits per heavy atom. The fraction of sp³-hybridized carbons (Fsp3) is 0.417. The van der Waals surface area contributed by atoms with Gasteiger partial charge in [0.2, 0.25) is 0 Å². The predicted molar refractivity (Wildman–Crippen MR) is 75.1 cm³/mol.